The van der Waals surface area contributed by atoms with Crippen LogP contribution in [-0.4, -0.2) is 21.9 Å². The van der Waals surface area contributed by atoms with Gasteiger partial charge in [-0.15, -0.1) is 0 Å². The van der Waals surface area contributed by atoms with Crippen LogP contribution in [0.15, 0.2) is 41.0 Å². The first kappa shape index (κ1) is 15.1. The van der Waals surface area contributed by atoms with E-state index in [-0.39, 0.29) is 18.3 Å². The van der Waals surface area contributed by atoms with Crippen molar-refractivity contribution < 1.29 is 13.9 Å². The lowest BCUT2D eigenvalue weighted by molar-refractivity contribution is -0.121. The smallest absolute Gasteiger partial charge is 0.265 e. The number of carbonyl (C=O) groups excluding carboxylic acids is 1. The number of hydrogen-bond acceptors (Lipinski definition) is 3. The van der Waals surface area contributed by atoms with Crippen LogP contribution in [0.4, 0.5) is 10.1 Å². The van der Waals surface area contributed by atoms with Gasteiger partial charge in [-0.2, -0.15) is 0 Å². The third-order valence-corrected chi connectivity index (χ3v) is 4.54. The summed E-state index contributed by atoms with van der Waals surface area (Å²) in [5.74, 6) is -0.565. The Morgan fingerprint density at radius 3 is 3.00 bits per heavy atom. The molecule has 0 bridgehead atoms. The van der Waals surface area contributed by atoms with Gasteiger partial charge in [-0.05, 0) is 47.1 Å². The summed E-state index contributed by atoms with van der Waals surface area (Å²) in [6.45, 7) is 2.02. The molecule has 0 aliphatic carbocycles. The zero-order valence-corrected chi connectivity index (χ0v) is 14.4. The molecule has 0 unspecified atom stereocenters. The van der Waals surface area contributed by atoms with Crippen molar-refractivity contribution in [3.63, 3.8) is 0 Å². The average molecular weight is 390 g/mol. The van der Waals surface area contributed by atoms with Gasteiger partial charge in [0.2, 0.25) is 0 Å². The van der Waals surface area contributed by atoms with E-state index in [1.54, 1.807) is 17.0 Å². The Morgan fingerprint density at radius 2 is 2.17 bits per heavy atom. The molecule has 24 heavy (non-hydrogen) atoms. The fraction of sp³-hybridized carbons (Fsp3) is 0.176. The molecule has 1 amide bonds. The van der Waals surface area contributed by atoms with Gasteiger partial charge in [0.15, 0.2) is 18.2 Å². The lowest BCUT2D eigenvalue weighted by Crippen LogP contribution is -2.39. The van der Waals surface area contributed by atoms with Gasteiger partial charge in [0.05, 0.1) is 23.6 Å². The van der Waals surface area contributed by atoms with Gasteiger partial charge in [-0.3, -0.25) is 9.69 Å². The molecule has 1 aliphatic heterocycles. The highest BCUT2D eigenvalue weighted by atomic mass is 79.9. The van der Waals surface area contributed by atoms with Gasteiger partial charge in [0.1, 0.15) is 5.65 Å². The number of rotatable bonds is 2. The van der Waals surface area contributed by atoms with Crippen LogP contribution in [0.2, 0.25) is 0 Å². The lowest BCUT2D eigenvalue weighted by Gasteiger charge is -2.29. The Balaban J connectivity index is 1.82. The Kier molecular flexibility index (Phi) is 3.53. The van der Waals surface area contributed by atoms with Crippen molar-refractivity contribution in [1.82, 2.24) is 9.38 Å². The molecule has 7 heteroatoms. The highest BCUT2D eigenvalue weighted by Crippen LogP contribution is 2.35. The second-order valence-corrected chi connectivity index (χ2v) is 6.49. The highest BCUT2D eigenvalue weighted by molar-refractivity contribution is 9.10. The molecule has 3 aromatic rings. The Labute approximate surface area is 145 Å². The first-order chi connectivity index (χ1) is 11.5. The van der Waals surface area contributed by atoms with Crippen LogP contribution in [-0.2, 0) is 11.3 Å². The summed E-state index contributed by atoms with van der Waals surface area (Å²) < 4.78 is 22.0. The molecule has 0 N–H and O–H groups in total. The number of anilines is 1. The van der Waals surface area contributed by atoms with Crippen molar-refractivity contribution in [3.8, 4) is 5.75 Å². The number of benzene rings is 1. The van der Waals surface area contributed by atoms with E-state index < -0.39 is 5.82 Å². The fourth-order valence-electron chi connectivity index (χ4n) is 2.90. The normalized spacial score (nSPS) is 14.0. The Morgan fingerprint density at radius 1 is 1.33 bits per heavy atom. The monoisotopic (exact) mass is 389 g/mol. The summed E-state index contributed by atoms with van der Waals surface area (Å²) >= 11 is 3.45. The van der Waals surface area contributed by atoms with Crippen LogP contribution in [0.25, 0.3) is 5.65 Å². The van der Waals surface area contributed by atoms with Crippen molar-refractivity contribution in [2.24, 2.45) is 0 Å². The maximum atomic E-state index is 13.9. The number of hydrogen-bond donors (Lipinski definition) is 0. The summed E-state index contributed by atoms with van der Waals surface area (Å²) in [6.07, 6.45) is 1.90. The number of ether oxygens (including phenoxy) is 1. The molecule has 2 aromatic heterocycles. The number of halogens is 2. The van der Waals surface area contributed by atoms with Crippen LogP contribution in [0.3, 0.4) is 0 Å². The Bertz CT molecular complexity index is 970. The van der Waals surface area contributed by atoms with E-state index in [9.17, 15) is 9.18 Å². The minimum atomic E-state index is -0.470. The van der Waals surface area contributed by atoms with Crippen molar-refractivity contribution in [2.75, 3.05) is 11.5 Å². The molecule has 5 nitrogen and oxygen atoms in total. The minimum absolute atomic E-state index is 0.116. The molecule has 4 rings (SSSR count). The summed E-state index contributed by atoms with van der Waals surface area (Å²) in [5.41, 5.74) is 2.93. The van der Waals surface area contributed by atoms with Gasteiger partial charge in [0, 0.05) is 10.7 Å². The molecule has 0 spiro atoms. The number of imidazole rings is 1. The van der Waals surface area contributed by atoms with Gasteiger partial charge in [0.25, 0.3) is 5.91 Å². The number of nitrogens with zero attached hydrogens (tertiary/aromatic N) is 3. The third kappa shape index (κ3) is 2.36. The van der Waals surface area contributed by atoms with Gasteiger partial charge >= 0.3 is 0 Å². The standard InChI is InChI=1S/C17H13BrFN3O2/c1-10-14(21-7-11(18)5-6-15(21)20-10)8-22-13-4-2-3-12(19)17(13)24-9-16(22)23/h2-7H,8-9H2,1H3. The number of aromatic nitrogens is 2. The summed E-state index contributed by atoms with van der Waals surface area (Å²) in [6, 6.07) is 8.39. The van der Waals surface area contributed by atoms with Crippen LogP contribution in [0.1, 0.15) is 11.4 Å². The fourth-order valence-corrected chi connectivity index (χ4v) is 3.23. The molecule has 0 atom stereocenters. The van der Waals surface area contributed by atoms with E-state index in [1.807, 2.05) is 29.7 Å². The van der Waals surface area contributed by atoms with Crippen molar-refractivity contribution in [3.05, 3.63) is 58.2 Å². The average Bonchev–Trinajstić information content (AvgIpc) is 2.85. The zero-order chi connectivity index (χ0) is 16.8. The second-order valence-electron chi connectivity index (χ2n) is 5.58. The zero-order valence-electron chi connectivity index (χ0n) is 12.8. The first-order valence-corrected chi connectivity index (χ1v) is 8.18. The highest BCUT2D eigenvalue weighted by Gasteiger charge is 2.29. The summed E-state index contributed by atoms with van der Waals surface area (Å²) in [5, 5.41) is 0. The molecule has 122 valence electrons. The molecule has 1 aromatic carbocycles. The third-order valence-electron chi connectivity index (χ3n) is 4.07. The molecule has 0 saturated carbocycles. The number of pyridine rings is 1. The predicted octanol–water partition coefficient (Wildman–Crippen LogP) is 3.47. The van der Waals surface area contributed by atoms with Crippen LogP contribution in [0, 0.1) is 12.7 Å². The molecule has 3 heterocycles. The Hall–Kier alpha value is -2.41. The number of fused-ring (bicyclic) bond motifs is 2. The van der Waals surface area contributed by atoms with E-state index in [2.05, 4.69) is 20.9 Å². The predicted molar refractivity (Wildman–Crippen MR) is 90.7 cm³/mol. The van der Waals surface area contributed by atoms with Crippen molar-refractivity contribution in [1.29, 1.82) is 0 Å². The van der Waals surface area contributed by atoms with E-state index in [0.717, 1.165) is 21.5 Å². The van der Waals surface area contributed by atoms with Gasteiger partial charge in [-0.25, -0.2) is 9.37 Å². The van der Waals surface area contributed by atoms with E-state index in [4.69, 9.17) is 4.74 Å². The maximum Gasteiger partial charge on any atom is 0.265 e. The SMILES string of the molecule is Cc1nc2ccc(Br)cn2c1CN1C(=O)COc2c(F)cccc21. The summed E-state index contributed by atoms with van der Waals surface area (Å²) in [4.78, 5) is 18.4. The number of aryl methyl sites for hydroxylation is 1. The van der Waals surface area contributed by atoms with Crippen molar-refractivity contribution in [2.45, 2.75) is 13.5 Å². The molecular formula is C17H13BrFN3O2. The minimum Gasteiger partial charge on any atom is -0.478 e. The number of para-hydroxylation sites is 1. The number of amides is 1. The molecule has 0 fully saturated rings. The number of carbonyl (C=O) groups is 1. The van der Waals surface area contributed by atoms with E-state index in [1.165, 1.54) is 6.07 Å². The molecule has 1 aliphatic rings. The molecular weight excluding hydrogens is 377 g/mol. The first-order valence-electron chi connectivity index (χ1n) is 7.39. The largest absolute Gasteiger partial charge is 0.478 e. The van der Waals surface area contributed by atoms with E-state index >= 15 is 0 Å². The van der Waals surface area contributed by atoms with Gasteiger partial charge in [-0.1, -0.05) is 6.07 Å². The van der Waals surface area contributed by atoms with Crippen LogP contribution < -0.4 is 9.64 Å². The van der Waals surface area contributed by atoms with E-state index in [0.29, 0.717) is 12.2 Å². The molecule has 0 saturated heterocycles. The lowest BCUT2D eigenvalue weighted by atomic mass is 10.2. The quantitative estimate of drug-likeness (QED) is 0.673. The molecule has 0 radical (unpaired) electrons. The maximum absolute atomic E-state index is 13.9. The topological polar surface area (TPSA) is 46.8 Å². The summed E-state index contributed by atoms with van der Waals surface area (Å²) in [7, 11) is 0. The second kappa shape index (κ2) is 5.59. The van der Waals surface area contributed by atoms with Crippen molar-refractivity contribution >= 4 is 33.2 Å². The van der Waals surface area contributed by atoms with Crippen LogP contribution in [0.5, 0.6) is 5.75 Å². The van der Waals surface area contributed by atoms with Gasteiger partial charge < -0.3 is 9.14 Å². The van der Waals surface area contributed by atoms with Crippen LogP contribution >= 0.6 is 15.9 Å².